The highest BCUT2D eigenvalue weighted by Crippen LogP contribution is 2.04. The van der Waals surface area contributed by atoms with Crippen molar-refractivity contribution in [2.24, 2.45) is 11.7 Å². The molecule has 2 unspecified atom stereocenters. The van der Waals surface area contributed by atoms with Crippen LogP contribution in [0, 0.1) is 18.3 Å². The average Bonchev–Trinajstić information content (AvgIpc) is 2.21. The summed E-state index contributed by atoms with van der Waals surface area (Å²) in [5, 5.41) is 2.77. The lowest BCUT2D eigenvalue weighted by Gasteiger charge is -2.17. The van der Waals surface area contributed by atoms with E-state index < -0.39 is 6.04 Å². The minimum atomic E-state index is -0.397. The fourth-order valence-electron chi connectivity index (χ4n) is 1.03. The Bertz CT molecular complexity index is 208. The highest BCUT2D eigenvalue weighted by molar-refractivity contribution is 5.81. The van der Waals surface area contributed by atoms with Gasteiger partial charge >= 0.3 is 0 Å². The summed E-state index contributed by atoms with van der Waals surface area (Å²) in [5.74, 6) is 2.67. The first kappa shape index (κ1) is 13.0. The summed E-state index contributed by atoms with van der Waals surface area (Å²) in [4.78, 5) is 11.4. The van der Waals surface area contributed by atoms with E-state index in [0.717, 1.165) is 12.8 Å². The van der Waals surface area contributed by atoms with E-state index >= 15 is 0 Å². The summed E-state index contributed by atoms with van der Waals surface area (Å²) in [6.07, 6.45) is 7.51. The Hall–Kier alpha value is -1.01. The van der Waals surface area contributed by atoms with Crippen LogP contribution < -0.4 is 11.1 Å². The molecule has 0 aromatic heterocycles. The zero-order chi connectivity index (χ0) is 11.0. The Balaban J connectivity index is 3.68. The minimum absolute atomic E-state index is 0.0728. The van der Waals surface area contributed by atoms with Crippen molar-refractivity contribution in [3.63, 3.8) is 0 Å². The average molecular weight is 196 g/mol. The number of carbonyl (C=O) groups excluding carboxylic acids is 1. The summed E-state index contributed by atoms with van der Waals surface area (Å²) >= 11 is 0. The van der Waals surface area contributed by atoms with Gasteiger partial charge in [-0.25, -0.2) is 0 Å². The lowest BCUT2D eigenvalue weighted by molar-refractivity contribution is -0.123. The van der Waals surface area contributed by atoms with Crippen LogP contribution >= 0.6 is 0 Å². The molecule has 0 aromatic rings. The van der Waals surface area contributed by atoms with Gasteiger partial charge in [-0.3, -0.25) is 4.79 Å². The minimum Gasteiger partial charge on any atom is -0.355 e. The molecule has 0 aliphatic carbocycles. The molecule has 0 saturated carbocycles. The van der Waals surface area contributed by atoms with Gasteiger partial charge < -0.3 is 11.1 Å². The van der Waals surface area contributed by atoms with Gasteiger partial charge in [0.1, 0.15) is 0 Å². The normalized spacial score (nSPS) is 14.1. The fraction of sp³-hybridized carbons (Fsp3) is 0.727. The largest absolute Gasteiger partial charge is 0.355 e. The number of terminal acetylenes is 1. The van der Waals surface area contributed by atoms with Crippen LogP contribution in [0.1, 0.15) is 33.1 Å². The number of hydrogen-bond donors (Lipinski definition) is 2. The molecule has 1 amide bonds. The molecule has 0 aliphatic heterocycles. The van der Waals surface area contributed by atoms with Gasteiger partial charge in [-0.2, -0.15) is 0 Å². The van der Waals surface area contributed by atoms with Crippen molar-refractivity contribution in [1.82, 2.24) is 5.32 Å². The second-order valence-electron chi connectivity index (χ2n) is 3.51. The summed E-state index contributed by atoms with van der Waals surface area (Å²) in [6.45, 7) is 4.62. The van der Waals surface area contributed by atoms with Crippen LogP contribution in [0.4, 0.5) is 0 Å². The first-order chi connectivity index (χ1) is 6.63. The van der Waals surface area contributed by atoms with Crippen LogP contribution in [0.5, 0.6) is 0 Å². The Kier molecular flexibility index (Phi) is 6.87. The molecule has 0 fully saturated rings. The molecule has 3 heteroatoms. The van der Waals surface area contributed by atoms with E-state index in [9.17, 15) is 4.79 Å². The molecule has 0 radical (unpaired) electrons. The highest BCUT2D eigenvalue weighted by Gasteiger charge is 2.18. The predicted octanol–water partition coefficient (Wildman–Crippen LogP) is 0.889. The second kappa shape index (κ2) is 7.40. The molecule has 3 nitrogen and oxygen atoms in total. The second-order valence-corrected chi connectivity index (χ2v) is 3.51. The number of nitrogens with one attached hydrogen (secondary N) is 1. The Morgan fingerprint density at radius 1 is 1.64 bits per heavy atom. The summed E-state index contributed by atoms with van der Waals surface area (Å²) in [5.41, 5.74) is 5.73. The maximum absolute atomic E-state index is 11.4. The number of carbonyl (C=O) groups is 1. The van der Waals surface area contributed by atoms with Crippen LogP contribution in [0.3, 0.4) is 0 Å². The standard InChI is InChI=1S/C11H20N2O/c1-4-6-7-8-13-11(14)10(12)9(3)5-2/h1,9-10H,5-8,12H2,2-3H3,(H,13,14). The van der Waals surface area contributed by atoms with Gasteiger partial charge in [0, 0.05) is 13.0 Å². The third-order valence-corrected chi connectivity index (χ3v) is 2.36. The molecule has 0 heterocycles. The topological polar surface area (TPSA) is 55.1 Å². The van der Waals surface area contributed by atoms with Crippen LogP contribution in [-0.2, 0) is 4.79 Å². The van der Waals surface area contributed by atoms with Crippen molar-refractivity contribution in [3.05, 3.63) is 0 Å². The third kappa shape index (κ3) is 4.88. The van der Waals surface area contributed by atoms with Crippen molar-refractivity contribution in [3.8, 4) is 12.3 Å². The van der Waals surface area contributed by atoms with Gasteiger partial charge in [0.05, 0.1) is 6.04 Å². The molecule has 0 rings (SSSR count). The van der Waals surface area contributed by atoms with Gasteiger partial charge in [-0.05, 0) is 12.3 Å². The number of rotatable bonds is 6. The van der Waals surface area contributed by atoms with E-state index in [1.807, 2.05) is 13.8 Å². The Morgan fingerprint density at radius 2 is 2.29 bits per heavy atom. The molecule has 80 valence electrons. The summed E-state index contributed by atoms with van der Waals surface area (Å²) in [7, 11) is 0. The molecule has 14 heavy (non-hydrogen) atoms. The molecular weight excluding hydrogens is 176 g/mol. The van der Waals surface area contributed by atoms with Crippen molar-refractivity contribution >= 4 is 5.91 Å². The van der Waals surface area contributed by atoms with E-state index in [2.05, 4.69) is 11.2 Å². The predicted molar refractivity (Wildman–Crippen MR) is 58.5 cm³/mol. The van der Waals surface area contributed by atoms with Crippen molar-refractivity contribution in [1.29, 1.82) is 0 Å². The highest BCUT2D eigenvalue weighted by atomic mass is 16.2. The monoisotopic (exact) mass is 196 g/mol. The molecule has 0 saturated heterocycles. The Labute approximate surface area is 86.4 Å². The molecule has 0 aliphatic rings. The first-order valence-electron chi connectivity index (χ1n) is 5.10. The smallest absolute Gasteiger partial charge is 0.237 e. The summed E-state index contributed by atoms with van der Waals surface area (Å²) < 4.78 is 0. The number of unbranched alkanes of at least 4 members (excludes halogenated alkanes) is 1. The third-order valence-electron chi connectivity index (χ3n) is 2.36. The van der Waals surface area contributed by atoms with Crippen LogP contribution in [0.25, 0.3) is 0 Å². The van der Waals surface area contributed by atoms with Crippen molar-refractivity contribution in [2.75, 3.05) is 6.54 Å². The maximum Gasteiger partial charge on any atom is 0.237 e. The maximum atomic E-state index is 11.4. The van der Waals surface area contributed by atoms with E-state index in [1.165, 1.54) is 0 Å². The van der Waals surface area contributed by atoms with Crippen molar-refractivity contribution < 1.29 is 4.79 Å². The number of hydrogen-bond acceptors (Lipinski definition) is 2. The van der Waals surface area contributed by atoms with Gasteiger partial charge in [-0.15, -0.1) is 12.3 Å². The van der Waals surface area contributed by atoms with Crippen molar-refractivity contribution in [2.45, 2.75) is 39.2 Å². The lowest BCUT2D eigenvalue weighted by Crippen LogP contribution is -2.44. The molecule has 3 N–H and O–H groups in total. The SMILES string of the molecule is C#CCCCNC(=O)C(N)C(C)CC. The molecular formula is C11H20N2O. The molecule has 0 bridgehead atoms. The summed E-state index contributed by atoms with van der Waals surface area (Å²) in [6, 6.07) is -0.397. The molecule has 0 spiro atoms. The van der Waals surface area contributed by atoms with Crippen LogP contribution in [-0.4, -0.2) is 18.5 Å². The molecule has 2 atom stereocenters. The molecule has 0 aromatic carbocycles. The van der Waals surface area contributed by atoms with Gasteiger partial charge in [0.2, 0.25) is 5.91 Å². The quantitative estimate of drug-likeness (QED) is 0.489. The number of nitrogens with two attached hydrogens (primary N) is 1. The van der Waals surface area contributed by atoms with Crippen LogP contribution in [0.15, 0.2) is 0 Å². The van der Waals surface area contributed by atoms with Gasteiger partial charge in [0.15, 0.2) is 0 Å². The first-order valence-corrected chi connectivity index (χ1v) is 5.10. The lowest BCUT2D eigenvalue weighted by atomic mass is 9.99. The van der Waals surface area contributed by atoms with E-state index in [4.69, 9.17) is 12.2 Å². The number of amides is 1. The van der Waals surface area contributed by atoms with E-state index in [0.29, 0.717) is 13.0 Å². The van der Waals surface area contributed by atoms with Gasteiger partial charge in [0.25, 0.3) is 0 Å². The van der Waals surface area contributed by atoms with Crippen LogP contribution in [0.2, 0.25) is 0 Å². The zero-order valence-electron chi connectivity index (χ0n) is 9.05. The zero-order valence-corrected chi connectivity index (χ0v) is 9.05. The van der Waals surface area contributed by atoms with E-state index in [1.54, 1.807) is 0 Å². The fourth-order valence-corrected chi connectivity index (χ4v) is 1.03. The van der Waals surface area contributed by atoms with E-state index in [-0.39, 0.29) is 11.8 Å². The van der Waals surface area contributed by atoms with Gasteiger partial charge in [-0.1, -0.05) is 20.3 Å². The Morgan fingerprint density at radius 3 is 2.79 bits per heavy atom.